The largest absolute Gasteiger partial charge is 0.465 e. The van der Waals surface area contributed by atoms with Crippen LogP contribution in [-0.4, -0.2) is 33.9 Å². The van der Waals surface area contributed by atoms with E-state index in [4.69, 9.17) is 9.15 Å². The van der Waals surface area contributed by atoms with Gasteiger partial charge in [-0.3, -0.25) is 15.1 Å². The van der Waals surface area contributed by atoms with Gasteiger partial charge < -0.3 is 9.15 Å². The molecular weight excluding hydrogens is 380 g/mol. The number of ether oxygens (including phenoxy) is 1. The topological polar surface area (TPSA) is 107 Å². The number of thiazole rings is 1. The van der Waals surface area contributed by atoms with Crippen molar-refractivity contribution in [1.29, 1.82) is 0 Å². The average molecular weight is 394 g/mol. The maximum absolute atomic E-state index is 12.5. The van der Waals surface area contributed by atoms with Crippen LogP contribution in [0.25, 0.3) is 20.8 Å². The third-order valence-corrected chi connectivity index (χ3v) is 5.06. The van der Waals surface area contributed by atoms with Crippen LogP contribution in [0.5, 0.6) is 0 Å². The molecule has 0 aliphatic carbocycles. The number of rotatable bonds is 4. The summed E-state index contributed by atoms with van der Waals surface area (Å²) in [6.07, 6.45) is 4.22. The Bertz CT molecular complexity index is 1150. The molecule has 4 rings (SSSR count). The van der Waals surface area contributed by atoms with Crippen molar-refractivity contribution < 1.29 is 18.7 Å². The number of para-hydroxylation sites is 1. The van der Waals surface area contributed by atoms with E-state index >= 15 is 0 Å². The molecule has 0 saturated heterocycles. The first kappa shape index (κ1) is 17.8. The number of aromatic nitrogens is 3. The zero-order chi connectivity index (χ0) is 19.7. The number of benzene rings is 1. The van der Waals surface area contributed by atoms with Crippen molar-refractivity contribution in [2.24, 2.45) is 0 Å². The van der Waals surface area contributed by atoms with Gasteiger partial charge in [0.15, 0.2) is 0 Å². The second-order valence-corrected chi connectivity index (χ2v) is 6.79. The smallest absolute Gasteiger partial charge is 0.342 e. The molecule has 0 unspecified atom stereocenters. The van der Waals surface area contributed by atoms with Gasteiger partial charge in [-0.25, -0.2) is 14.8 Å². The average Bonchev–Trinajstić information content (AvgIpc) is 3.28. The first-order valence-corrected chi connectivity index (χ1v) is 9.05. The lowest BCUT2D eigenvalue weighted by Gasteiger charge is -2.04. The number of hydrogen-bond acceptors (Lipinski definition) is 8. The number of carbonyl (C=O) groups excluding carboxylic acids is 2. The van der Waals surface area contributed by atoms with Crippen LogP contribution in [0.15, 0.2) is 47.3 Å². The molecule has 0 aliphatic heterocycles. The highest BCUT2D eigenvalue weighted by atomic mass is 32.1. The van der Waals surface area contributed by atoms with Gasteiger partial charge in [0.25, 0.3) is 5.91 Å². The molecular formula is C19H14N4O4S. The minimum absolute atomic E-state index is 0.104. The highest BCUT2D eigenvalue weighted by Crippen LogP contribution is 2.40. The van der Waals surface area contributed by atoms with Gasteiger partial charge in [-0.05, 0) is 19.1 Å². The number of fused-ring (bicyclic) bond motifs is 1. The molecule has 4 aromatic rings. The van der Waals surface area contributed by atoms with Crippen LogP contribution in [0.2, 0.25) is 0 Å². The number of aryl methyl sites for hydroxylation is 1. The Morgan fingerprint density at radius 3 is 2.75 bits per heavy atom. The summed E-state index contributed by atoms with van der Waals surface area (Å²) in [6, 6.07) is 7.59. The van der Waals surface area contributed by atoms with E-state index in [0.717, 1.165) is 10.2 Å². The SMILES string of the molecule is COC(=O)c1c(C)oc(NC(=O)c2cnccn2)c1-c1nc2ccccc2s1. The highest BCUT2D eigenvalue weighted by molar-refractivity contribution is 7.21. The molecule has 3 aromatic heterocycles. The van der Waals surface area contributed by atoms with E-state index in [0.29, 0.717) is 16.3 Å². The van der Waals surface area contributed by atoms with Crippen molar-refractivity contribution in [3.63, 3.8) is 0 Å². The molecule has 28 heavy (non-hydrogen) atoms. The van der Waals surface area contributed by atoms with Gasteiger partial charge in [0, 0.05) is 12.4 Å². The Labute approximate surface area is 163 Å². The maximum atomic E-state index is 12.5. The van der Waals surface area contributed by atoms with Crippen LogP contribution < -0.4 is 5.32 Å². The number of nitrogens with one attached hydrogen (secondary N) is 1. The van der Waals surface area contributed by atoms with Crippen molar-refractivity contribution in [2.75, 3.05) is 12.4 Å². The number of carbonyl (C=O) groups is 2. The van der Waals surface area contributed by atoms with Crippen LogP contribution in [0.4, 0.5) is 5.88 Å². The lowest BCUT2D eigenvalue weighted by Crippen LogP contribution is -2.14. The predicted octanol–water partition coefficient (Wildman–Crippen LogP) is 3.69. The Morgan fingerprint density at radius 1 is 1.21 bits per heavy atom. The van der Waals surface area contributed by atoms with Crippen LogP contribution >= 0.6 is 11.3 Å². The van der Waals surface area contributed by atoms with Crippen LogP contribution in [-0.2, 0) is 4.74 Å². The summed E-state index contributed by atoms with van der Waals surface area (Å²) in [7, 11) is 1.29. The standard InChI is InChI=1S/C19H14N4O4S/c1-10-14(19(25)26-2)15(18-22-11-5-3-4-6-13(11)28-18)17(27-10)23-16(24)12-9-20-7-8-21-12/h3-9H,1-2H3,(H,23,24). The third kappa shape index (κ3) is 3.12. The Balaban J connectivity index is 1.84. The van der Waals surface area contributed by atoms with Crippen molar-refractivity contribution >= 4 is 39.3 Å². The second-order valence-electron chi connectivity index (χ2n) is 5.76. The highest BCUT2D eigenvalue weighted by Gasteiger charge is 2.29. The molecule has 0 atom stereocenters. The van der Waals surface area contributed by atoms with E-state index in [1.165, 1.54) is 37.0 Å². The fraction of sp³-hybridized carbons (Fsp3) is 0.105. The minimum atomic E-state index is -0.574. The molecule has 140 valence electrons. The van der Waals surface area contributed by atoms with Gasteiger partial charge in [-0.1, -0.05) is 12.1 Å². The molecule has 0 spiro atoms. The van der Waals surface area contributed by atoms with E-state index in [1.807, 2.05) is 24.3 Å². The fourth-order valence-corrected chi connectivity index (χ4v) is 3.76. The summed E-state index contributed by atoms with van der Waals surface area (Å²) in [5.41, 5.74) is 1.49. The lowest BCUT2D eigenvalue weighted by molar-refractivity contribution is 0.0599. The Kier molecular flexibility index (Phi) is 4.58. The van der Waals surface area contributed by atoms with E-state index in [-0.39, 0.29) is 17.1 Å². The second kappa shape index (κ2) is 7.20. The van der Waals surface area contributed by atoms with E-state index < -0.39 is 11.9 Å². The van der Waals surface area contributed by atoms with Crippen molar-refractivity contribution in [3.8, 4) is 10.6 Å². The quantitative estimate of drug-likeness (QED) is 0.526. The van der Waals surface area contributed by atoms with Crippen LogP contribution in [0.3, 0.4) is 0 Å². The molecule has 0 bridgehead atoms. The van der Waals surface area contributed by atoms with Gasteiger partial charge in [0.1, 0.15) is 22.0 Å². The lowest BCUT2D eigenvalue weighted by atomic mass is 10.1. The predicted molar refractivity (Wildman–Crippen MR) is 103 cm³/mol. The van der Waals surface area contributed by atoms with E-state index in [9.17, 15) is 9.59 Å². The molecule has 0 aliphatic rings. The Morgan fingerprint density at radius 2 is 2.04 bits per heavy atom. The summed E-state index contributed by atoms with van der Waals surface area (Å²) in [5, 5.41) is 3.20. The number of nitrogens with zero attached hydrogens (tertiary/aromatic N) is 3. The van der Waals surface area contributed by atoms with Crippen LogP contribution in [0.1, 0.15) is 26.6 Å². The van der Waals surface area contributed by atoms with E-state index in [1.54, 1.807) is 6.92 Å². The molecule has 1 amide bonds. The molecule has 1 aromatic carbocycles. The number of hydrogen-bond donors (Lipinski definition) is 1. The summed E-state index contributed by atoms with van der Waals surface area (Å²) >= 11 is 1.38. The van der Waals surface area contributed by atoms with Crippen LogP contribution in [0, 0.1) is 6.92 Å². The number of amides is 1. The zero-order valence-corrected chi connectivity index (χ0v) is 15.7. The number of esters is 1. The van der Waals surface area contributed by atoms with Gasteiger partial charge in [-0.2, -0.15) is 0 Å². The molecule has 1 N–H and O–H groups in total. The number of methoxy groups -OCH3 is 1. The molecule has 8 nitrogen and oxygen atoms in total. The van der Waals surface area contributed by atoms with Gasteiger partial charge in [0.05, 0.1) is 29.1 Å². The number of furan rings is 1. The maximum Gasteiger partial charge on any atom is 0.342 e. The van der Waals surface area contributed by atoms with Gasteiger partial charge >= 0.3 is 5.97 Å². The van der Waals surface area contributed by atoms with Crippen molar-refractivity contribution in [2.45, 2.75) is 6.92 Å². The molecule has 0 fully saturated rings. The van der Waals surface area contributed by atoms with Gasteiger partial charge in [0.2, 0.25) is 5.88 Å². The first-order valence-electron chi connectivity index (χ1n) is 8.23. The molecule has 3 heterocycles. The van der Waals surface area contributed by atoms with Crippen molar-refractivity contribution in [1.82, 2.24) is 15.0 Å². The summed E-state index contributed by atoms with van der Waals surface area (Å²) < 4.78 is 11.5. The van der Waals surface area contributed by atoms with E-state index in [2.05, 4.69) is 20.3 Å². The fourth-order valence-electron chi connectivity index (χ4n) is 2.75. The Hall–Kier alpha value is -3.59. The first-order chi connectivity index (χ1) is 13.6. The molecule has 0 saturated carbocycles. The third-order valence-electron chi connectivity index (χ3n) is 4.00. The van der Waals surface area contributed by atoms with Gasteiger partial charge in [-0.15, -0.1) is 11.3 Å². The normalized spacial score (nSPS) is 10.8. The molecule has 0 radical (unpaired) electrons. The van der Waals surface area contributed by atoms with Crippen molar-refractivity contribution in [3.05, 3.63) is 59.9 Å². The summed E-state index contributed by atoms with van der Waals surface area (Å²) in [4.78, 5) is 37.3. The monoisotopic (exact) mass is 394 g/mol. The number of anilines is 1. The minimum Gasteiger partial charge on any atom is -0.465 e. The summed E-state index contributed by atoms with van der Waals surface area (Å²) in [6.45, 7) is 1.63. The molecule has 9 heteroatoms. The summed E-state index contributed by atoms with van der Waals surface area (Å²) in [5.74, 6) is -0.667. The zero-order valence-electron chi connectivity index (χ0n) is 14.9.